The lowest BCUT2D eigenvalue weighted by Crippen LogP contribution is -2.34. The Morgan fingerprint density at radius 2 is 1.18 bits per heavy atom. The Hall–Kier alpha value is 0.0569. The van der Waals surface area contributed by atoms with Crippen LogP contribution in [0.25, 0.3) is 0 Å². The van der Waals surface area contributed by atoms with Gasteiger partial charge in [0.2, 0.25) is 0 Å². The van der Waals surface area contributed by atoms with Gasteiger partial charge in [-0.3, -0.25) is 0 Å². The van der Waals surface area contributed by atoms with E-state index in [4.69, 9.17) is 10.2 Å². The lowest BCUT2D eigenvalue weighted by Gasteiger charge is -2.15. The zero-order valence-electron chi connectivity index (χ0n) is 6.53. The standard InChI is InChI=1S/C6H16O4Si/c7-3-1-5-11(9,10)6-2-4-8/h7-10H,1-6H2. The minimum Gasteiger partial charge on any atom is -0.411 e. The first-order chi connectivity index (χ1) is 5.12. The molecule has 0 saturated heterocycles. The van der Waals surface area contributed by atoms with Gasteiger partial charge in [0.05, 0.1) is 0 Å². The quantitative estimate of drug-likeness (QED) is 0.403. The molecule has 0 aliphatic carbocycles. The highest BCUT2D eigenvalue weighted by molar-refractivity contribution is 6.64. The summed E-state index contributed by atoms with van der Waals surface area (Å²) in [5, 5.41) is 16.8. The van der Waals surface area contributed by atoms with Gasteiger partial charge in [-0.2, -0.15) is 0 Å². The van der Waals surface area contributed by atoms with Crippen molar-refractivity contribution in [3.63, 3.8) is 0 Å². The van der Waals surface area contributed by atoms with Gasteiger partial charge in [-0.05, 0) is 24.9 Å². The molecule has 0 spiro atoms. The van der Waals surface area contributed by atoms with Gasteiger partial charge in [0.15, 0.2) is 0 Å². The zero-order chi connectivity index (χ0) is 8.74. The predicted molar refractivity (Wildman–Crippen MR) is 43.2 cm³/mol. The van der Waals surface area contributed by atoms with Crippen LogP contribution in [0.2, 0.25) is 12.1 Å². The van der Waals surface area contributed by atoms with Crippen molar-refractivity contribution < 1.29 is 19.8 Å². The molecule has 0 aromatic rings. The molecule has 0 unspecified atom stereocenters. The smallest absolute Gasteiger partial charge is 0.332 e. The molecule has 11 heavy (non-hydrogen) atoms. The van der Waals surface area contributed by atoms with Crippen LogP contribution < -0.4 is 0 Å². The van der Waals surface area contributed by atoms with Crippen LogP contribution in [0.1, 0.15) is 12.8 Å². The lowest BCUT2D eigenvalue weighted by molar-refractivity contribution is 0.272. The molecule has 0 fully saturated rings. The molecule has 0 aromatic carbocycles. The largest absolute Gasteiger partial charge is 0.411 e. The van der Waals surface area contributed by atoms with Gasteiger partial charge in [-0.1, -0.05) is 0 Å². The third-order valence-corrected chi connectivity index (χ3v) is 3.78. The van der Waals surface area contributed by atoms with E-state index in [1.165, 1.54) is 0 Å². The van der Waals surface area contributed by atoms with Crippen LogP contribution in [0.5, 0.6) is 0 Å². The minimum atomic E-state index is -3.07. The average molecular weight is 180 g/mol. The summed E-state index contributed by atoms with van der Waals surface area (Å²) in [6.45, 7) is -0.00993. The summed E-state index contributed by atoms with van der Waals surface area (Å²) in [6.07, 6.45) is 0.870. The van der Waals surface area contributed by atoms with Crippen LogP contribution in [0.3, 0.4) is 0 Å². The van der Waals surface area contributed by atoms with Gasteiger partial charge in [-0.15, -0.1) is 0 Å². The second-order valence-corrected chi connectivity index (χ2v) is 5.60. The molecule has 0 aliphatic heterocycles. The maximum atomic E-state index is 9.25. The Morgan fingerprint density at radius 1 is 0.818 bits per heavy atom. The molecule has 0 saturated carbocycles. The SMILES string of the molecule is OCCC[Si](O)(O)CCCO. The first-order valence-corrected chi connectivity index (χ1v) is 6.10. The van der Waals surface area contributed by atoms with Crippen molar-refractivity contribution in [2.24, 2.45) is 0 Å². The van der Waals surface area contributed by atoms with Gasteiger partial charge in [-0.25, -0.2) is 0 Å². The summed E-state index contributed by atoms with van der Waals surface area (Å²) in [7, 11) is -3.07. The molecular weight excluding hydrogens is 164 g/mol. The Morgan fingerprint density at radius 3 is 1.45 bits per heavy atom. The van der Waals surface area contributed by atoms with E-state index in [2.05, 4.69) is 0 Å². The molecule has 0 aromatic heterocycles. The van der Waals surface area contributed by atoms with E-state index in [0.29, 0.717) is 24.9 Å². The minimum absolute atomic E-state index is 0.00497. The van der Waals surface area contributed by atoms with Gasteiger partial charge < -0.3 is 19.8 Å². The molecule has 0 aliphatic rings. The second kappa shape index (κ2) is 5.67. The summed E-state index contributed by atoms with van der Waals surface area (Å²) in [4.78, 5) is 18.5. The Balaban J connectivity index is 3.43. The van der Waals surface area contributed by atoms with Crippen molar-refractivity contribution in [1.82, 2.24) is 0 Å². The highest BCUT2D eigenvalue weighted by Gasteiger charge is 2.27. The number of aliphatic hydroxyl groups is 2. The monoisotopic (exact) mass is 180 g/mol. The third-order valence-electron chi connectivity index (χ3n) is 1.47. The first kappa shape index (κ1) is 11.1. The van der Waals surface area contributed by atoms with E-state index < -0.39 is 8.56 Å². The molecule has 68 valence electrons. The molecular formula is C6H16O4Si. The molecule has 0 amide bonds. The van der Waals surface area contributed by atoms with Gasteiger partial charge in [0.1, 0.15) is 0 Å². The fourth-order valence-corrected chi connectivity index (χ4v) is 2.55. The molecule has 0 bridgehead atoms. The van der Waals surface area contributed by atoms with Crippen LogP contribution >= 0.6 is 0 Å². The maximum absolute atomic E-state index is 9.25. The number of hydrogen-bond acceptors (Lipinski definition) is 4. The van der Waals surface area contributed by atoms with Crippen molar-refractivity contribution in [3.8, 4) is 0 Å². The van der Waals surface area contributed by atoms with Crippen LogP contribution in [0.4, 0.5) is 0 Å². The summed E-state index contributed by atoms with van der Waals surface area (Å²) in [5.41, 5.74) is 0. The van der Waals surface area contributed by atoms with E-state index in [9.17, 15) is 9.59 Å². The molecule has 0 atom stereocenters. The number of aliphatic hydroxyl groups excluding tert-OH is 2. The Kier molecular flexibility index (Phi) is 5.70. The third kappa shape index (κ3) is 6.45. The zero-order valence-corrected chi connectivity index (χ0v) is 7.53. The molecule has 0 rings (SSSR count). The van der Waals surface area contributed by atoms with Crippen molar-refractivity contribution in [2.45, 2.75) is 24.9 Å². The second-order valence-electron chi connectivity index (χ2n) is 2.64. The fourth-order valence-electron chi connectivity index (χ4n) is 0.849. The average Bonchev–Trinajstić information content (AvgIpc) is 1.97. The van der Waals surface area contributed by atoms with Crippen LogP contribution in [0, 0.1) is 0 Å². The number of rotatable bonds is 6. The van der Waals surface area contributed by atoms with Crippen molar-refractivity contribution in [3.05, 3.63) is 0 Å². The van der Waals surface area contributed by atoms with E-state index in [-0.39, 0.29) is 13.2 Å². The van der Waals surface area contributed by atoms with Crippen molar-refractivity contribution in [1.29, 1.82) is 0 Å². The highest BCUT2D eigenvalue weighted by Crippen LogP contribution is 2.12. The van der Waals surface area contributed by atoms with E-state index in [1.807, 2.05) is 0 Å². The molecule has 0 radical (unpaired) electrons. The molecule has 0 heterocycles. The summed E-state index contributed by atoms with van der Waals surface area (Å²) < 4.78 is 0. The summed E-state index contributed by atoms with van der Waals surface area (Å²) in [6, 6.07) is 0.590. The van der Waals surface area contributed by atoms with Gasteiger partial charge in [0, 0.05) is 13.2 Å². The Labute approximate surface area is 67.4 Å². The van der Waals surface area contributed by atoms with Crippen LogP contribution in [-0.2, 0) is 0 Å². The maximum Gasteiger partial charge on any atom is 0.332 e. The molecule has 4 nitrogen and oxygen atoms in total. The predicted octanol–water partition coefficient (Wildman–Crippen LogP) is -0.822. The first-order valence-electron chi connectivity index (χ1n) is 3.79. The highest BCUT2D eigenvalue weighted by atomic mass is 28.4. The van der Waals surface area contributed by atoms with E-state index in [0.717, 1.165) is 0 Å². The Bertz CT molecular complexity index is 86.6. The van der Waals surface area contributed by atoms with Crippen molar-refractivity contribution in [2.75, 3.05) is 13.2 Å². The molecule has 5 heteroatoms. The van der Waals surface area contributed by atoms with Crippen molar-refractivity contribution >= 4 is 8.56 Å². The summed E-state index contributed by atoms with van der Waals surface area (Å²) in [5.74, 6) is 0. The number of hydrogen-bond donors (Lipinski definition) is 4. The topological polar surface area (TPSA) is 80.9 Å². The van der Waals surface area contributed by atoms with Gasteiger partial charge in [0.25, 0.3) is 0 Å². The van der Waals surface area contributed by atoms with Gasteiger partial charge >= 0.3 is 8.56 Å². The van der Waals surface area contributed by atoms with Crippen LogP contribution in [-0.4, -0.2) is 41.6 Å². The summed E-state index contributed by atoms with van der Waals surface area (Å²) >= 11 is 0. The lowest BCUT2D eigenvalue weighted by atomic mass is 10.5. The van der Waals surface area contributed by atoms with E-state index in [1.54, 1.807) is 0 Å². The normalized spacial score (nSPS) is 12.0. The fraction of sp³-hybridized carbons (Fsp3) is 1.00. The van der Waals surface area contributed by atoms with Crippen LogP contribution in [0.15, 0.2) is 0 Å². The molecule has 4 N–H and O–H groups in total. The van der Waals surface area contributed by atoms with E-state index >= 15 is 0 Å².